The molecule has 22 saturated heterocycles. The monoisotopic (exact) mass is 972 g/mol. The molecule has 0 aliphatic carbocycles. The Morgan fingerprint density at radius 1 is 0.182 bits per heavy atom. The Morgan fingerprint density at radius 2 is 0.303 bits per heavy atom. The Morgan fingerprint density at radius 3 is 0.409 bits per heavy atom. The maximum Gasteiger partial charge on any atom is 0.187 e. The van der Waals surface area contributed by atoms with Crippen LogP contribution in [0.5, 0.6) is 0 Å². The van der Waals surface area contributed by atoms with E-state index in [1.807, 2.05) is 0 Å². The van der Waals surface area contributed by atoms with Gasteiger partial charge >= 0.3 is 0 Å². The molecule has 30 atom stereocenters. The van der Waals surface area contributed by atoms with Crippen LogP contribution in [0.4, 0.5) is 0 Å². The summed E-state index contributed by atoms with van der Waals surface area (Å²) in [6.45, 7) is -5.99. The molecule has 0 aromatic carbocycles. The molecule has 0 amide bonds. The average molecular weight is 973 g/mol. The first kappa shape index (κ1) is 52.6. The summed E-state index contributed by atoms with van der Waals surface area (Å²) in [5, 5.41) is 196. The number of aliphatic hydroxyl groups is 18. The van der Waals surface area contributed by atoms with Crippen molar-refractivity contribution in [1.29, 1.82) is 0 Å². The summed E-state index contributed by atoms with van der Waals surface area (Å²) >= 11 is 0. The largest absolute Gasteiger partial charge is 0.394 e. The van der Waals surface area contributed by atoms with Gasteiger partial charge in [0, 0.05) is 0 Å². The van der Waals surface area contributed by atoms with Crippen molar-refractivity contribution in [3.05, 3.63) is 0 Å². The van der Waals surface area contributed by atoms with Crippen LogP contribution in [0.15, 0.2) is 0 Å². The van der Waals surface area contributed by atoms with Crippen LogP contribution in [0.2, 0.25) is 0 Å². The van der Waals surface area contributed by atoms with Crippen LogP contribution in [-0.4, -0.2) is 316 Å². The van der Waals surface area contributed by atoms with E-state index in [0.717, 1.165) is 0 Å². The highest BCUT2D eigenvalue weighted by molar-refractivity contribution is 5.01. The van der Waals surface area contributed by atoms with Crippen LogP contribution >= 0.6 is 0 Å². The van der Waals surface area contributed by atoms with E-state index in [-0.39, 0.29) is 0 Å². The fourth-order valence-corrected chi connectivity index (χ4v) is 8.93. The second-order valence-corrected chi connectivity index (χ2v) is 16.8. The highest BCUT2D eigenvalue weighted by Crippen LogP contribution is 2.38. The van der Waals surface area contributed by atoms with Gasteiger partial charge in [0.2, 0.25) is 0 Å². The molecule has 22 rings (SSSR count). The lowest BCUT2D eigenvalue weighted by atomic mass is 9.94. The lowest BCUT2D eigenvalue weighted by Crippen LogP contribution is -2.69. The van der Waals surface area contributed by atoms with Crippen molar-refractivity contribution < 1.29 is 149 Å². The van der Waals surface area contributed by atoms with Crippen LogP contribution in [0.3, 0.4) is 0 Å². The molecule has 0 aromatic heterocycles. The van der Waals surface area contributed by atoms with Crippen LogP contribution in [-0.2, 0) is 56.8 Å². The Labute approximate surface area is 372 Å². The molecule has 22 fully saturated rings. The van der Waals surface area contributed by atoms with E-state index >= 15 is 0 Å². The zero-order chi connectivity index (χ0) is 48.0. The molecule has 30 heteroatoms. The summed E-state index contributed by atoms with van der Waals surface area (Å²) in [6, 6.07) is 0. The third-order valence-corrected chi connectivity index (χ3v) is 12.7. The SMILES string of the molecule is OC[C@H]1O[C@@H]2O[C@H]3[C@@H](O)[C@H](O)[C@@H](O[C@H]4[C@@H](O)[C@H](O)[C@@H](O[C@H]5[C@@H](O)[C@H](O)[C@@H](O[C@H]6[C@@H](O)[C@H](O)[C@@H](O[C@H]7[C@@H](O)[C@H](O)[C@@H](O[C@H]1[C@@H](O)[C@@H]2O)O[C@@H]7CO)O[C@@H]6CO)O[C@@H]5CO)O[C@@H]4CO)O[C@@H]3CO. The van der Waals surface area contributed by atoms with E-state index in [1.165, 1.54) is 0 Å². The average Bonchev–Trinajstić information content (AvgIpc) is 3.31. The minimum Gasteiger partial charge on any atom is -0.394 e. The summed E-state index contributed by atoms with van der Waals surface area (Å²) in [4.78, 5) is 0. The molecule has 12 bridgehead atoms. The first-order valence-electron chi connectivity index (χ1n) is 21.1. The molecule has 22 aliphatic heterocycles. The molecular weight excluding hydrogens is 912 g/mol. The summed E-state index contributed by atoms with van der Waals surface area (Å²) < 4.78 is 67.9. The Balaban J connectivity index is 1.19. The van der Waals surface area contributed by atoms with E-state index in [1.54, 1.807) is 0 Å². The zero-order valence-corrected chi connectivity index (χ0v) is 34.5. The second-order valence-electron chi connectivity index (χ2n) is 16.8. The maximum atomic E-state index is 11.2. The Bertz CT molecular complexity index is 1230. The first-order chi connectivity index (χ1) is 31.4. The number of hydrogen-bond acceptors (Lipinski definition) is 30. The summed E-state index contributed by atoms with van der Waals surface area (Å²) in [6.07, 6.45) is -58.5. The number of ether oxygens (including phenoxy) is 12. The molecule has 18 N–H and O–H groups in total. The minimum absolute atomic E-state index is 0.999. The summed E-state index contributed by atoms with van der Waals surface area (Å²) in [5.74, 6) is 0. The summed E-state index contributed by atoms with van der Waals surface area (Å²) in [7, 11) is 0. The van der Waals surface area contributed by atoms with Gasteiger partial charge in [0.15, 0.2) is 37.7 Å². The van der Waals surface area contributed by atoms with E-state index in [9.17, 15) is 91.9 Å². The topological polar surface area (TPSA) is 475 Å². The summed E-state index contributed by atoms with van der Waals surface area (Å²) in [5.41, 5.74) is 0. The van der Waals surface area contributed by atoms with Crippen molar-refractivity contribution >= 4 is 0 Å². The molecule has 0 radical (unpaired) electrons. The van der Waals surface area contributed by atoms with Gasteiger partial charge in [-0.15, -0.1) is 0 Å². The van der Waals surface area contributed by atoms with Crippen LogP contribution in [0.1, 0.15) is 0 Å². The van der Waals surface area contributed by atoms with Crippen LogP contribution in [0.25, 0.3) is 0 Å². The maximum absolute atomic E-state index is 11.2. The van der Waals surface area contributed by atoms with Gasteiger partial charge in [0.1, 0.15) is 146 Å². The molecule has 22 aliphatic rings. The third-order valence-electron chi connectivity index (χ3n) is 12.7. The normalized spacial score (nSPS) is 55.4. The van der Waals surface area contributed by atoms with Gasteiger partial charge in [0.25, 0.3) is 0 Å². The Hall–Kier alpha value is -1.20. The molecule has 0 aromatic rings. The van der Waals surface area contributed by atoms with Gasteiger partial charge in [0.05, 0.1) is 39.6 Å². The van der Waals surface area contributed by atoms with Gasteiger partial charge in [-0.3, -0.25) is 0 Å². The molecule has 30 nitrogen and oxygen atoms in total. The van der Waals surface area contributed by atoms with Gasteiger partial charge in [-0.1, -0.05) is 0 Å². The lowest BCUT2D eigenvalue weighted by Gasteiger charge is -2.50. The van der Waals surface area contributed by atoms with E-state index in [0.29, 0.717) is 0 Å². The molecule has 0 unspecified atom stereocenters. The quantitative estimate of drug-likeness (QED) is 0.117. The molecule has 22 heterocycles. The standard InChI is InChI=1S/C36H60O30/c37-1-7-25-13(43)19(49)31(55-7)62-26-8(2-38)57-33(21(51)15(26)45)64-28-10(4-40)59-35(23(53)17(28)47)66-30-12(6-42)60-36(24(54)18(30)48)65-29-11(5-41)58-34(22(52)16(29)46)63-27-9(3-39)56-32(61-25)20(50)14(27)44/h7-54H,1-6H2/t7-,8-,9-,10-,11-,12-,13+,14+,15+,16+,17+,18+,19+,20+,21+,22+,23+,24+,25-,26-,27-,28-,29-,30-,31-,32-,33-,34-,35-,36-/m1/s1. The molecule has 66 heavy (non-hydrogen) atoms. The van der Waals surface area contributed by atoms with Gasteiger partial charge in [-0.05, 0) is 0 Å². The van der Waals surface area contributed by atoms with E-state index < -0.39 is 224 Å². The molecule has 0 saturated carbocycles. The smallest absolute Gasteiger partial charge is 0.187 e. The van der Waals surface area contributed by atoms with Crippen molar-refractivity contribution in [2.45, 2.75) is 184 Å². The van der Waals surface area contributed by atoms with Crippen LogP contribution < -0.4 is 0 Å². The zero-order valence-electron chi connectivity index (χ0n) is 34.5. The highest BCUT2D eigenvalue weighted by Gasteiger charge is 2.58. The lowest BCUT2D eigenvalue weighted by molar-refractivity contribution is -0.404. The van der Waals surface area contributed by atoms with Crippen molar-refractivity contribution in [3.63, 3.8) is 0 Å². The third kappa shape index (κ3) is 10.0. The van der Waals surface area contributed by atoms with E-state index in [4.69, 9.17) is 56.8 Å². The number of hydrogen-bond donors (Lipinski definition) is 18. The second kappa shape index (κ2) is 22.1. The number of aliphatic hydroxyl groups excluding tert-OH is 18. The van der Waals surface area contributed by atoms with Crippen molar-refractivity contribution in [3.8, 4) is 0 Å². The fourth-order valence-electron chi connectivity index (χ4n) is 8.93. The first-order valence-corrected chi connectivity index (χ1v) is 21.1. The number of rotatable bonds is 6. The highest BCUT2D eigenvalue weighted by atomic mass is 16.8. The Kier molecular flexibility index (Phi) is 17.6. The van der Waals surface area contributed by atoms with Crippen LogP contribution in [0, 0.1) is 0 Å². The van der Waals surface area contributed by atoms with E-state index in [2.05, 4.69) is 0 Å². The van der Waals surface area contributed by atoms with Gasteiger partial charge in [-0.2, -0.15) is 0 Å². The van der Waals surface area contributed by atoms with Gasteiger partial charge in [-0.25, -0.2) is 0 Å². The predicted octanol–water partition coefficient (Wildman–Crippen LogP) is -13.1. The predicted molar refractivity (Wildman–Crippen MR) is 196 cm³/mol. The molecular formula is C36H60O30. The molecule has 384 valence electrons. The van der Waals surface area contributed by atoms with Crippen molar-refractivity contribution in [2.24, 2.45) is 0 Å². The van der Waals surface area contributed by atoms with Gasteiger partial charge < -0.3 is 149 Å². The fraction of sp³-hybridized carbons (Fsp3) is 1.00. The van der Waals surface area contributed by atoms with Crippen molar-refractivity contribution in [2.75, 3.05) is 39.6 Å². The molecule has 0 spiro atoms. The minimum atomic E-state index is -2.15. The van der Waals surface area contributed by atoms with Crippen molar-refractivity contribution in [1.82, 2.24) is 0 Å².